The molecule has 8 heterocycles. The van der Waals surface area contributed by atoms with Crippen LogP contribution in [-0.2, 0) is 12.8 Å². The second kappa shape index (κ2) is 26.3. The topological polar surface area (TPSA) is 44.2 Å². The molecule has 0 saturated heterocycles. The fraction of sp³-hybridized carbons (Fsp3) is 0.353. The molecule has 0 amide bonds. The summed E-state index contributed by atoms with van der Waals surface area (Å²) in [5.41, 5.74) is 10.8. The van der Waals surface area contributed by atoms with Crippen LogP contribution < -0.4 is 9.47 Å². The summed E-state index contributed by atoms with van der Waals surface area (Å²) in [6.07, 6.45) is 23.8. The lowest BCUT2D eigenvalue weighted by Gasteiger charge is -2.15. The molecular weight excluding hydrogens is 1100 g/mol. The highest BCUT2D eigenvalue weighted by Crippen LogP contribution is 2.55. The summed E-state index contributed by atoms with van der Waals surface area (Å²) < 4.78 is 17.4. The molecule has 0 fully saturated rings. The van der Waals surface area contributed by atoms with Crippen LogP contribution in [0.25, 0.3) is 102 Å². The Balaban J connectivity index is 0.954. The van der Waals surface area contributed by atoms with Crippen molar-refractivity contribution in [3.05, 3.63) is 130 Å². The standard InChI is InChI=1S/C68H72N2O2S7/c1-7-9-11-13-15-17-19-21-23-51-63(57-38-26-44(4)74-57)77-67-65(51)79-66-52(24-22-20-18-16-14-12-10-8-2)64(78-68(66)67)58-42-41-56(76-58)55-40-39-54(75-55)50-36-35-49(53-37-25-43(3)73-53)61-62(50)70-60(46-29-33-48(72-6)34-30-46)59(69-61)45-27-31-47(71-5)32-28-45/h25-42H,7-24H2,1-6H3. The van der Waals surface area contributed by atoms with Gasteiger partial charge in [-0.15, -0.1) is 79.4 Å². The molecule has 0 unspecified atom stereocenters. The van der Waals surface area contributed by atoms with Crippen LogP contribution in [0.5, 0.6) is 11.5 Å². The maximum absolute atomic E-state index is 5.66. The average Bonchev–Trinajstić information content (AvgIpc) is 4.50. The maximum atomic E-state index is 5.66. The molecule has 8 aromatic heterocycles. The molecule has 3 aromatic carbocycles. The molecule has 11 heteroatoms. The molecule has 79 heavy (non-hydrogen) atoms. The third kappa shape index (κ3) is 12.4. The summed E-state index contributed by atoms with van der Waals surface area (Å²) in [6, 6.07) is 39.4. The van der Waals surface area contributed by atoms with E-state index in [-0.39, 0.29) is 0 Å². The van der Waals surface area contributed by atoms with E-state index in [1.54, 1.807) is 46.1 Å². The molecule has 408 valence electrons. The van der Waals surface area contributed by atoms with E-state index in [4.69, 9.17) is 19.4 Å². The molecule has 0 radical (unpaired) electrons. The first-order valence-electron chi connectivity index (χ1n) is 28.8. The van der Waals surface area contributed by atoms with E-state index in [0.717, 1.165) is 62.6 Å². The number of benzene rings is 3. The number of methoxy groups -OCH3 is 2. The molecule has 0 aliphatic heterocycles. The number of thiophene rings is 7. The van der Waals surface area contributed by atoms with E-state index in [9.17, 15) is 0 Å². The molecular formula is C68H72N2O2S7. The molecule has 11 rings (SSSR count). The van der Waals surface area contributed by atoms with Gasteiger partial charge in [-0.05, 0) is 148 Å². The van der Waals surface area contributed by atoms with Gasteiger partial charge in [-0.25, -0.2) is 9.97 Å². The number of nitrogens with zero attached hydrogens (tertiary/aromatic N) is 2. The fourth-order valence-electron chi connectivity index (χ4n) is 11.0. The zero-order valence-corrected chi connectivity index (χ0v) is 52.4. The van der Waals surface area contributed by atoms with E-state index < -0.39 is 0 Å². The lowest BCUT2D eigenvalue weighted by Crippen LogP contribution is -1.98. The van der Waals surface area contributed by atoms with Gasteiger partial charge < -0.3 is 9.47 Å². The van der Waals surface area contributed by atoms with Crippen LogP contribution in [0.15, 0.2) is 109 Å². The van der Waals surface area contributed by atoms with Gasteiger partial charge >= 0.3 is 0 Å². The van der Waals surface area contributed by atoms with Gasteiger partial charge in [0.05, 0.1) is 55.4 Å². The average molecular weight is 1170 g/mol. The molecule has 0 spiro atoms. The summed E-state index contributed by atoms with van der Waals surface area (Å²) in [4.78, 5) is 24.8. The first kappa shape index (κ1) is 55.9. The minimum atomic E-state index is 0.803. The molecule has 0 aliphatic carbocycles. The van der Waals surface area contributed by atoms with Crippen LogP contribution in [0.2, 0.25) is 0 Å². The smallest absolute Gasteiger partial charge is 0.118 e. The van der Waals surface area contributed by atoms with Crippen LogP contribution in [0.4, 0.5) is 0 Å². The van der Waals surface area contributed by atoms with Crippen molar-refractivity contribution in [2.45, 2.75) is 143 Å². The number of unbranched alkanes of at least 4 members (excludes halogenated alkanes) is 14. The van der Waals surface area contributed by atoms with Crippen molar-refractivity contribution in [2.24, 2.45) is 0 Å². The predicted molar refractivity (Wildman–Crippen MR) is 353 cm³/mol. The number of aromatic nitrogens is 2. The van der Waals surface area contributed by atoms with Gasteiger partial charge in [0.15, 0.2) is 0 Å². The van der Waals surface area contributed by atoms with E-state index in [0.29, 0.717) is 0 Å². The first-order chi connectivity index (χ1) is 38.8. The predicted octanol–water partition coefficient (Wildman–Crippen LogP) is 24.0. The number of fused-ring (bicyclic) bond motifs is 4. The second-order valence-electron chi connectivity index (χ2n) is 21.1. The Hall–Kier alpha value is -4.98. The first-order valence-corrected chi connectivity index (χ1v) is 34.5. The zero-order valence-electron chi connectivity index (χ0n) is 46.7. The number of aryl methyl sites for hydroxylation is 4. The van der Waals surface area contributed by atoms with Gasteiger partial charge in [0, 0.05) is 71.0 Å². The third-order valence-electron chi connectivity index (χ3n) is 15.4. The molecule has 0 saturated carbocycles. The highest BCUT2D eigenvalue weighted by molar-refractivity contribution is 7.41. The van der Waals surface area contributed by atoms with Gasteiger partial charge in [0.2, 0.25) is 0 Å². The molecule has 4 nitrogen and oxygen atoms in total. The lowest BCUT2D eigenvalue weighted by molar-refractivity contribution is 0.414. The van der Waals surface area contributed by atoms with Crippen molar-refractivity contribution < 1.29 is 9.47 Å². The highest BCUT2D eigenvalue weighted by Gasteiger charge is 2.26. The number of hydrogen-bond acceptors (Lipinski definition) is 11. The van der Waals surface area contributed by atoms with Crippen molar-refractivity contribution in [1.82, 2.24) is 9.97 Å². The van der Waals surface area contributed by atoms with Crippen molar-refractivity contribution in [3.63, 3.8) is 0 Å². The van der Waals surface area contributed by atoms with Crippen molar-refractivity contribution in [2.75, 3.05) is 14.2 Å². The van der Waals surface area contributed by atoms with Crippen LogP contribution in [0, 0.1) is 13.8 Å². The highest BCUT2D eigenvalue weighted by atomic mass is 32.1. The third-order valence-corrected chi connectivity index (χ3v) is 24.3. The van der Waals surface area contributed by atoms with E-state index >= 15 is 0 Å². The number of ether oxygens (including phenoxy) is 2. The number of hydrogen-bond donors (Lipinski definition) is 0. The fourth-order valence-corrected chi connectivity index (χ4v) is 19.8. The van der Waals surface area contributed by atoms with Gasteiger partial charge in [-0.2, -0.15) is 0 Å². The Bertz CT molecular complexity index is 3780. The van der Waals surface area contributed by atoms with Crippen LogP contribution in [0.3, 0.4) is 0 Å². The van der Waals surface area contributed by atoms with Crippen LogP contribution >= 0.6 is 79.4 Å². The Labute approximate surface area is 496 Å². The van der Waals surface area contributed by atoms with Gasteiger partial charge in [-0.1, -0.05) is 116 Å². The van der Waals surface area contributed by atoms with Crippen molar-refractivity contribution in [1.29, 1.82) is 0 Å². The summed E-state index contributed by atoms with van der Waals surface area (Å²) in [5.74, 6) is 1.61. The normalized spacial score (nSPS) is 11.8. The van der Waals surface area contributed by atoms with Crippen LogP contribution in [0.1, 0.15) is 137 Å². The Kier molecular flexibility index (Phi) is 18.6. The van der Waals surface area contributed by atoms with Crippen molar-refractivity contribution >= 4 is 109 Å². The molecule has 0 atom stereocenters. The van der Waals surface area contributed by atoms with E-state index in [1.165, 1.54) is 167 Å². The summed E-state index contributed by atoms with van der Waals surface area (Å²) >= 11 is 13.9. The molecule has 0 bridgehead atoms. The monoisotopic (exact) mass is 1170 g/mol. The minimum absolute atomic E-state index is 0.803. The minimum Gasteiger partial charge on any atom is -0.497 e. The largest absolute Gasteiger partial charge is 0.497 e. The van der Waals surface area contributed by atoms with E-state index in [2.05, 4.69) is 147 Å². The lowest BCUT2D eigenvalue weighted by atomic mass is 10.0. The molecule has 0 N–H and O–H groups in total. The van der Waals surface area contributed by atoms with Crippen LogP contribution in [-0.4, -0.2) is 24.2 Å². The zero-order chi connectivity index (χ0) is 54.2. The summed E-state index contributed by atoms with van der Waals surface area (Å²) in [7, 11) is 3.41. The van der Waals surface area contributed by atoms with E-state index in [1.807, 2.05) is 58.3 Å². The van der Waals surface area contributed by atoms with Gasteiger partial charge in [0.1, 0.15) is 11.5 Å². The molecule has 0 aliphatic rings. The summed E-state index contributed by atoms with van der Waals surface area (Å²) in [5, 5.41) is 0. The Morgan fingerprint density at radius 2 is 0.709 bits per heavy atom. The Morgan fingerprint density at radius 3 is 1.14 bits per heavy atom. The maximum Gasteiger partial charge on any atom is 0.118 e. The Morgan fingerprint density at radius 1 is 0.342 bits per heavy atom. The second-order valence-corrected chi connectivity index (χ2v) is 28.9. The number of rotatable bonds is 27. The SMILES string of the molecule is CCCCCCCCCCc1c(-c2ccc(C)s2)sc2c1sc1c(CCCCCCCCCC)c(-c3ccc(-c4ccc(-c5ccc(-c6ccc(C)s6)c6nc(-c7ccc(OC)cc7)c(-c7ccc(OC)cc7)nc56)s4)s3)sc12. The quantitative estimate of drug-likeness (QED) is 0.0481. The molecule has 11 aromatic rings. The van der Waals surface area contributed by atoms with Gasteiger partial charge in [0.25, 0.3) is 0 Å². The van der Waals surface area contributed by atoms with Crippen molar-refractivity contribution in [3.8, 4) is 84.2 Å². The van der Waals surface area contributed by atoms with Gasteiger partial charge in [-0.3, -0.25) is 0 Å². The summed E-state index contributed by atoms with van der Waals surface area (Å²) in [6.45, 7) is 9.06.